The molecule has 0 spiro atoms. The molecule has 2 aliphatic carbocycles. The number of sulfonamides is 1. The lowest BCUT2D eigenvalue weighted by atomic mass is 9.68. The molecular weight excluding hydrogens is 661 g/mol. The molecule has 2 saturated carbocycles. The van der Waals surface area contributed by atoms with Crippen LogP contribution in [0.4, 0.5) is 11.4 Å². The number of hydrogen-bond donors (Lipinski definition) is 3. The van der Waals surface area contributed by atoms with Gasteiger partial charge in [0.15, 0.2) is 6.61 Å². The van der Waals surface area contributed by atoms with Gasteiger partial charge in [-0.25, -0.2) is 13.6 Å². The minimum atomic E-state index is -3.85. The van der Waals surface area contributed by atoms with E-state index in [0.717, 1.165) is 21.9 Å². The largest absolute Gasteiger partial charge is 0.484 e. The lowest BCUT2D eigenvalue weighted by Crippen LogP contribution is -2.42. The van der Waals surface area contributed by atoms with Crippen LogP contribution in [0, 0.1) is 29.6 Å². The van der Waals surface area contributed by atoms with Gasteiger partial charge in [-0.3, -0.25) is 24.1 Å². The number of carbonyl (C=O) groups is 3. The first kappa shape index (κ1) is 30.1. The van der Waals surface area contributed by atoms with Crippen molar-refractivity contribution in [1.82, 2.24) is 4.98 Å². The standard InChI is InChI=1S/C33H28N4O7S3/c34-47(42,43)20-11-9-17(10-12-20)35-23(38)15-44-19-8-4-5-16(13-19)24-25-21-14-22(28(25)45-30-29(24)46-33(41)36-30)27-26(21)31(39)37(32(27)40)18-6-2-1-3-7-18/h1-13,21-22,24-28H,14-15H2,(H,35,38)(H,36,41)(H2,34,42,43)/t21?,22?,24-,25?,26?,27?,28?/m1/s1. The highest BCUT2D eigenvalue weighted by Gasteiger charge is 2.69. The van der Waals surface area contributed by atoms with Gasteiger partial charge in [0.25, 0.3) is 5.91 Å². The number of carbonyl (C=O) groups excluding carboxylic acids is 3. The van der Waals surface area contributed by atoms with Gasteiger partial charge in [0, 0.05) is 21.7 Å². The fraction of sp³-hybridized carbons (Fsp3) is 0.273. The number of imide groups is 1. The van der Waals surface area contributed by atoms with Crippen molar-refractivity contribution in [3.63, 3.8) is 0 Å². The summed E-state index contributed by atoms with van der Waals surface area (Å²) in [5.41, 5.74) is 1.90. The molecule has 4 N–H and O–H groups in total. The second kappa shape index (κ2) is 11.2. The lowest BCUT2D eigenvalue weighted by molar-refractivity contribution is -0.123. The number of fused-ring (bicyclic) bond motifs is 9. The third kappa shape index (κ3) is 5.01. The van der Waals surface area contributed by atoms with Gasteiger partial charge in [-0.15, -0.1) is 11.8 Å². The summed E-state index contributed by atoms with van der Waals surface area (Å²) in [5.74, 6) is -1.23. The molecule has 2 aliphatic heterocycles. The van der Waals surface area contributed by atoms with Crippen LogP contribution in [0.1, 0.15) is 22.8 Å². The number of thioether (sulfide) groups is 1. The Morgan fingerprint density at radius 3 is 2.40 bits per heavy atom. The summed E-state index contributed by atoms with van der Waals surface area (Å²) in [6.45, 7) is -0.296. The summed E-state index contributed by atoms with van der Waals surface area (Å²) < 4.78 is 28.9. The summed E-state index contributed by atoms with van der Waals surface area (Å²) in [6.07, 6.45) is 0.780. The second-order valence-electron chi connectivity index (χ2n) is 12.3. The average Bonchev–Trinajstić information content (AvgIpc) is 3.79. The number of benzene rings is 3. The quantitative estimate of drug-likeness (QED) is 0.247. The van der Waals surface area contributed by atoms with Gasteiger partial charge in [0.2, 0.25) is 21.8 Å². The van der Waals surface area contributed by atoms with E-state index in [2.05, 4.69) is 10.3 Å². The fourth-order valence-electron chi connectivity index (χ4n) is 8.09. The van der Waals surface area contributed by atoms with E-state index in [4.69, 9.17) is 9.88 Å². The number of anilines is 2. The Labute approximate surface area is 277 Å². The van der Waals surface area contributed by atoms with E-state index in [-0.39, 0.29) is 63.0 Å². The Morgan fingerprint density at radius 2 is 1.68 bits per heavy atom. The van der Waals surface area contributed by atoms with E-state index in [0.29, 0.717) is 17.1 Å². The molecule has 3 heterocycles. The number of hydrogen-bond acceptors (Lipinski definition) is 9. The highest BCUT2D eigenvalue weighted by atomic mass is 32.2. The van der Waals surface area contributed by atoms with Crippen LogP contribution >= 0.6 is 23.1 Å². The Morgan fingerprint density at radius 1 is 0.957 bits per heavy atom. The van der Waals surface area contributed by atoms with Crippen LogP contribution in [0.25, 0.3) is 0 Å². The second-order valence-corrected chi connectivity index (χ2v) is 16.1. The van der Waals surface area contributed by atoms with E-state index in [1.54, 1.807) is 30.0 Å². The molecule has 3 amide bonds. The van der Waals surface area contributed by atoms with Gasteiger partial charge in [0.05, 0.1) is 27.4 Å². The molecule has 7 atom stereocenters. The first-order chi connectivity index (χ1) is 22.6. The lowest BCUT2D eigenvalue weighted by Gasteiger charge is -2.43. The van der Waals surface area contributed by atoms with E-state index >= 15 is 0 Å². The van der Waals surface area contributed by atoms with Crippen molar-refractivity contribution < 1.29 is 27.5 Å². The minimum absolute atomic E-state index is 0.00590. The normalized spacial score (nSPS) is 27.3. The highest BCUT2D eigenvalue weighted by Crippen LogP contribution is 2.68. The first-order valence-electron chi connectivity index (χ1n) is 15.1. The van der Waals surface area contributed by atoms with Gasteiger partial charge in [-0.05, 0) is 78.3 Å². The summed E-state index contributed by atoms with van der Waals surface area (Å²) in [4.78, 5) is 58.0. The number of aromatic amines is 1. The van der Waals surface area contributed by atoms with Crippen molar-refractivity contribution >= 4 is 62.2 Å². The minimum Gasteiger partial charge on any atom is -0.484 e. The fourth-order valence-corrected chi connectivity index (χ4v) is 11.5. The molecule has 1 aromatic heterocycles. The number of nitrogens with zero attached hydrogens (tertiary/aromatic N) is 1. The maximum absolute atomic E-state index is 13.9. The number of thiazole rings is 1. The van der Waals surface area contributed by atoms with E-state index in [9.17, 15) is 27.6 Å². The van der Waals surface area contributed by atoms with Crippen molar-refractivity contribution in [1.29, 1.82) is 0 Å². The van der Waals surface area contributed by atoms with Crippen LogP contribution in [0.5, 0.6) is 5.75 Å². The predicted molar refractivity (Wildman–Crippen MR) is 176 cm³/mol. The molecule has 47 heavy (non-hydrogen) atoms. The molecule has 2 bridgehead atoms. The molecule has 4 aromatic rings. The highest BCUT2D eigenvalue weighted by molar-refractivity contribution is 8.00. The summed E-state index contributed by atoms with van der Waals surface area (Å²) >= 11 is 2.81. The molecule has 4 aliphatic rings. The average molecular weight is 689 g/mol. The van der Waals surface area contributed by atoms with Crippen molar-refractivity contribution in [2.45, 2.75) is 27.5 Å². The van der Waals surface area contributed by atoms with E-state index in [1.807, 2.05) is 36.4 Å². The zero-order chi connectivity index (χ0) is 32.6. The smallest absolute Gasteiger partial charge is 0.305 e. The monoisotopic (exact) mass is 688 g/mol. The molecule has 240 valence electrons. The number of ether oxygens (including phenoxy) is 1. The van der Waals surface area contributed by atoms with Crippen LogP contribution in [0.15, 0.2) is 93.6 Å². The molecule has 3 aromatic carbocycles. The SMILES string of the molecule is NS(=O)(=O)c1ccc(NC(=O)COc2cccc([C@H]3c4sc(=O)[nH]c4SC4C5CC(C6C(=O)N(c7ccccc7)C(=O)C56)C43)c2)cc1. The number of primary sulfonamides is 1. The number of nitrogens with two attached hydrogens (primary N) is 1. The molecular formula is C33H28N4O7S3. The Hall–Kier alpha value is -4.24. The molecule has 0 radical (unpaired) electrons. The van der Waals surface area contributed by atoms with Gasteiger partial charge in [-0.2, -0.15) is 0 Å². The topological polar surface area (TPSA) is 169 Å². The van der Waals surface area contributed by atoms with Gasteiger partial charge >= 0.3 is 4.87 Å². The molecule has 6 unspecified atom stereocenters. The number of para-hydroxylation sites is 1. The Kier molecular flexibility index (Phi) is 7.17. The third-order valence-electron chi connectivity index (χ3n) is 9.79. The van der Waals surface area contributed by atoms with Crippen LogP contribution in [-0.4, -0.2) is 43.0 Å². The van der Waals surface area contributed by atoms with Gasteiger partial charge < -0.3 is 15.0 Å². The van der Waals surface area contributed by atoms with E-state index in [1.165, 1.54) is 40.5 Å². The zero-order valence-electron chi connectivity index (χ0n) is 24.6. The summed E-state index contributed by atoms with van der Waals surface area (Å²) in [7, 11) is -3.85. The van der Waals surface area contributed by atoms with Crippen LogP contribution in [-0.2, 0) is 24.4 Å². The third-order valence-corrected chi connectivity index (χ3v) is 13.3. The van der Waals surface area contributed by atoms with Crippen molar-refractivity contribution in [2.75, 3.05) is 16.8 Å². The molecule has 14 heteroatoms. The maximum atomic E-state index is 13.9. The van der Waals surface area contributed by atoms with Crippen molar-refractivity contribution in [3.05, 3.63) is 99.0 Å². The number of rotatable bonds is 7. The van der Waals surface area contributed by atoms with Crippen LogP contribution < -0.4 is 25.0 Å². The molecule has 11 nitrogen and oxygen atoms in total. The Bertz CT molecular complexity index is 2100. The molecule has 3 fully saturated rings. The number of nitrogens with one attached hydrogen (secondary N) is 2. The number of aromatic nitrogens is 1. The van der Waals surface area contributed by atoms with Gasteiger partial charge in [0.1, 0.15) is 5.75 Å². The summed E-state index contributed by atoms with van der Waals surface area (Å²) in [6, 6.07) is 22.0. The summed E-state index contributed by atoms with van der Waals surface area (Å²) in [5, 5.41) is 8.67. The first-order valence-corrected chi connectivity index (χ1v) is 18.3. The molecule has 8 rings (SSSR count). The van der Waals surface area contributed by atoms with Crippen molar-refractivity contribution in [2.24, 2.45) is 34.7 Å². The van der Waals surface area contributed by atoms with Crippen LogP contribution in [0.2, 0.25) is 0 Å². The number of amides is 3. The maximum Gasteiger partial charge on any atom is 0.305 e. The Balaban J connectivity index is 1.05. The van der Waals surface area contributed by atoms with Gasteiger partial charge in [-0.1, -0.05) is 41.7 Å². The molecule has 1 saturated heterocycles. The predicted octanol–water partition coefficient (Wildman–Crippen LogP) is 3.78. The van der Waals surface area contributed by atoms with E-state index < -0.39 is 21.8 Å². The van der Waals surface area contributed by atoms with Crippen LogP contribution in [0.3, 0.4) is 0 Å². The van der Waals surface area contributed by atoms with Crippen molar-refractivity contribution in [3.8, 4) is 5.75 Å². The number of H-pyrrole nitrogens is 1. The zero-order valence-corrected chi connectivity index (χ0v) is 27.0.